The Balaban J connectivity index is 0.000000280. The minimum Gasteiger partial charge on any atom is -0.748 e. The molecule has 0 fully saturated rings. The van der Waals surface area contributed by atoms with Gasteiger partial charge in [-0.3, -0.25) is 0 Å². The Labute approximate surface area is 115 Å². The second-order valence-electron chi connectivity index (χ2n) is 2.97. The molecule has 0 aliphatic heterocycles. The molecule has 0 bridgehead atoms. The average molecular weight is 356 g/mol. The van der Waals surface area contributed by atoms with E-state index in [-0.39, 0.29) is 23.2 Å². The van der Waals surface area contributed by atoms with Crippen LogP contribution in [0.25, 0.3) is 0 Å². The Hall–Kier alpha value is -0.0905. The minimum absolute atomic E-state index is 0. The van der Waals surface area contributed by atoms with E-state index in [1.807, 2.05) is 48.5 Å². The fraction of sp³-hybridized carbons (Fsp3) is 0.167. The number of aliphatic hydroxyl groups is 1. The van der Waals surface area contributed by atoms with Gasteiger partial charge >= 0.3 is 0 Å². The van der Waals surface area contributed by atoms with Gasteiger partial charge in [-0.15, -0.1) is 9.13 Å². The van der Waals surface area contributed by atoms with Crippen LogP contribution in [0.2, 0.25) is 0 Å². The standard InChI is InChI=1S/C7H8IO.C5H5.Fe/c1-5(9)6-3-2-4-7(6)8;1-2-4-5-3-1;/h2-5,9H,1H3;1-5H;/q-1;-5;/t5-;;/m1../s1. The molecule has 0 heterocycles. The average Bonchev–Trinajstić information content (AvgIpc) is 2.74. The molecule has 0 saturated heterocycles. The van der Waals surface area contributed by atoms with Crippen LogP contribution in [-0.2, 0) is 17.1 Å². The fourth-order valence-corrected chi connectivity index (χ4v) is 1.91. The molecule has 88 valence electrons. The first-order valence-electron chi connectivity index (χ1n) is 4.47. The summed E-state index contributed by atoms with van der Waals surface area (Å²) in [4.78, 5) is 0. The molecule has 0 aliphatic rings. The maximum Gasteiger partial charge on any atom is 0.0332 e. The van der Waals surface area contributed by atoms with Crippen LogP contribution in [0.5, 0.6) is 0 Å². The quantitative estimate of drug-likeness (QED) is 0.472. The molecule has 15 heavy (non-hydrogen) atoms. The van der Waals surface area contributed by atoms with Crippen LogP contribution in [0.1, 0.15) is 18.6 Å². The summed E-state index contributed by atoms with van der Waals surface area (Å²) >= 11 is 2.21. The van der Waals surface area contributed by atoms with E-state index in [0.717, 1.165) is 9.13 Å². The smallest absolute Gasteiger partial charge is 0.0332 e. The molecule has 2 aromatic rings. The topological polar surface area (TPSA) is 20.2 Å². The third kappa shape index (κ3) is 5.52. The molecule has 1 atom stereocenters. The van der Waals surface area contributed by atoms with Crippen molar-refractivity contribution in [3.05, 3.63) is 57.7 Å². The molecular formula is C12H13FeIO-6. The summed E-state index contributed by atoms with van der Waals surface area (Å²) in [5.41, 5.74) is 1.02. The van der Waals surface area contributed by atoms with Gasteiger partial charge in [-0.25, -0.2) is 12.1 Å². The number of halogens is 1. The van der Waals surface area contributed by atoms with Gasteiger partial charge in [-0.1, -0.05) is 22.6 Å². The van der Waals surface area contributed by atoms with E-state index >= 15 is 0 Å². The van der Waals surface area contributed by atoms with E-state index in [9.17, 15) is 0 Å². The molecule has 0 aromatic heterocycles. The second-order valence-corrected chi connectivity index (χ2v) is 4.13. The van der Waals surface area contributed by atoms with Crippen molar-refractivity contribution >= 4 is 22.6 Å². The van der Waals surface area contributed by atoms with Gasteiger partial charge in [0.2, 0.25) is 0 Å². The predicted octanol–water partition coefficient (Wildman–Crippen LogP) is 3.47. The first-order valence-corrected chi connectivity index (χ1v) is 5.55. The van der Waals surface area contributed by atoms with Crippen LogP contribution in [0.3, 0.4) is 0 Å². The summed E-state index contributed by atoms with van der Waals surface area (Å²) in [7, 11) is 0. The van der Waals surface area contributed by atoms with E-state index in [0.29, 0.717) is 0 Å². The van der Waals surface area contributed by atoms with Crippen molar-refractivity contribution < 1.29 is 22.2 Å². The number of rotatable bonds is 1. The summed E-state index contributed by atoms with van der Waals surface area (Å²) in [6.07, 6.45) is -0.327. The predicted molar refractivity (Wildman–Crippen MR) is 67.4 cm³/mol. The monoisotopic (exact) mass is 356 g/mol. The zero-order valence-corrected chi connectivity index (χ0v) is 11.6. The van der Waals surface area contributed by atoms with Gasteiger partial charge in [0.25, 0.3) is 0 Å². The molecule has 2 aromatic carbocycles. The minimum atomic E-state index is -0.327. The molecule has 0 spiro atoms. The van der Waals surface area contributed by atoms with Crippen molar-refractivity contribution in [3.8, 4) is 0 Å². The van der Waals surface area contributed by atoms with E-state index < -0.39 is 0 Å². The molecule has 3 heteroatoms. The molecule has 0 saturated carbocycles. The van der Waals surface area contributed by atoms with Crippen LogP contribution in [0, 0.1) is 3.57 Å². The molecule has 0 amide bonds. The third-order valence-corrected chi connectivity index (χ3v) is 2.78. The van der Waals surface area contributed by atoms with Crippen LogP contribution in [0.4, 0.5) is 0 Å². The zero-order chi connectivity index (χ0) is 10.4. The van der Waals surface area contributed by atoms with Crippen molar-refractivity contribution in [2.45, 2.75) is 13.0 Å². The largest absolute Gasteiger partial charge is 0.748 e. The fourth-order valence-electron chi connectivity index (χ4n) is 1.07. The Morgan fingerprint density at radius 2 is 1.73 bits per heavy atom. The van der Waals surface area contributed by atoms with E-state index in [1.165, 1.54) is 0 Å². The van der Waals surface area contributed by atoms with Gasteiger partial charge in [0, 0.05) is 23.2 Å². The zero-order valence-electron chi connectivity index (χ0n) is 8.37. The van der Waals surface area contributed by atoms with Crippen LogP contribution in [0.15, 0.2) is 48.5 Å². The summed E-state index contributed by atoms with van der Waals surface area (Å²) in [5, 5.41) is 9.09. The van der Waals surface area contributed by atoms with Gasteiger partial charge in [0.15, 0.2) is 0 Å². The molecule has 2 rings (SSSR count). The first-order chi connectivity index (χ1) is 6.72. The van der Waals surface area contributed by atoms with Crippen molar-refractivity contribution in [2.75, 3.05) is 0 Å². The van der Waals surface area contributed by atoms with E-state index in [4.69, 9.17) is 5.11 Å². The maximum absolute atomic E-state index is 9.09. The van der Waals surface area contributed by atoms with Gasteiger partial charge in [0.05, 0.1) is 0 Å². The number of hydrogen-bond acceptors (Lipinski definition) is 1. The maximum atomic E-state index is 9.09. The third-order valence-electron chi connectivity index (χ3n) is 1.80. The summed E-state index contributed by atoms with van der Waals surface area (Å²) in [6, 6.07) is 15.9. The van der Waals surface area contributed by atoms with Crippen molar-refractivity contribution in [2.24, 2.45) is 0 Å². The van der Waals surface area contributed by atoms with Crippen molar-refractivity contribution in [3.63, 3.8) is 0 Å². The SMILES string of the molecule is C[C@@H](O)[c-]1cccc1I.[Fe].[cH-]1[cH-][cH-][cH-][cH-]1. The summed E-state index contributed by atoms with van der Waals surface area (Å²) in [6.45, 7) is 1.78. The second kappa shape index (κ2) is 8.11. The number of aliphatic hydroxyl groups excluding tert-OH is 1. The Morgan fingerprint density at radius 1 is 1.27 bits per heavy atom. The summed E-state index contributed by atoms with van der Waals surface area (Å²) in [5.74, 6) is 0. The number of hydrogen-bond donors (Lipinski definition) is 1. The molecule has 0 aliphatic carbocycles. The molecule has 1 N–H and O–H groups in total. The van der Waals surface area contributed by atoms with E-state index in [2.05, 4.69) is 22.6 Å². The van der Waals surface area contributed by atoms with Gasteiger partial charge in [-0.2, -0.15) is 6.07 Å². The van der Waals surface area contributed by atoms with Gasteiger partial charge in [-0.05, 0) is 6.92 Å². The molecule has 1 nitrogen and oxygen atoms in total. The van der Waals surface area contributed by atoms with Gasteiger partial charge < -0.3 is 35.4 Å². The van der Waals surface area contributed by atoms with Gasteiger partial charge in [0.1, 0.15) is 0 Å². The van der Waals surface area contributed by atoms with Crippen LogP contribution in [-0.4, -0.2) is 5.11 Å². The van der Waals surface area contributed by atoms with Crippen molar-refractivity contribution in [1.82, 2.24) is 0 Å². The van der Waals surface area contributed by atoms with E-state index in [1.54, 1.807) is 6.92 Å². The molecule has 0 unspecified atom stereocenters. The Kier molecular flexibility index (Phi) is 8.06. The van der Waals surface area contributed by atoms with Crippen LogP contribution >= 0.6 is 22.6 Å². The van der Waals surface area contributed by atoms with Crippen molar-refractivity contribution in [1.29, 1.82) is 0 Å². The van der Waals surface area contributed by atoms with Crippen LogP contribution < -0.4 is 0 Å². The Bertz CT molecular complexity index is 321. The summed E-state index contributed by atoms with van der Waals surface area (Å²) < 4.78 is 1.14. The Morgan fingerprint density at radius 3 is 1.93 bits per heavy atom. The first kappa shape index (κ1) is 14.9. The molecule has 0 radical (unpaired) electrons. The molecular weight excluding hydrogens is 343 g/mol. The normalized spacial score (nSPS) is 10.9.